The van der Waals surface area contributed by atoms with Gasteiger partial charge in [-0.25, -0.2) is 0 Å². The van der Waals surface area contributed by atoms with Crippen LogP contribution in [0.5, 0.6) is 0 Å². The number of carboxylic acid groups (broad SMARTS) is 10. The van der Waals surface area contributed by atoms with Gasteiger partial charge in [0.25, 0.3) is 0 Å². The van der Waals surface area contributed by atoms with Gasteiger partial charge in [0, 0.05) is 125 Å². The van der Waals surface area contributed by atoms with Gasteiger partial charge in [-0.2, -0.15) is 0 Å². The molecule has 0 aliphatic carbocycles. The normalized spacial score (nSPS) is 36.5. The van der Waals surface area contributed by atoms with Gasteiger partial charge in [0.05, 0.1) is 0 Å². The average Bonchev–Trinajstić information content (AvgIpc) is 3.25. The molecule has 5 aliphatic heterocycles. The summed E-state index contributed by atoms with van der Waals surface area (Å²) in [6.45, 7) is 0. The van der Waals surface area contributed by atoms with Crippen molar-refractivity contribution in [3.8, 4) is 0 Å². The predicted molar refractivity (Wildman–Crippen MR) is 244 cm³/mol. The average molecular weight is 1250 g/mol. The maximum absolute atomic E-state index is 12.7. The number of carboxylic acids is 10. The lowest BCUT2D eigenvalue weighted by molar-refractivity contribution is -0.137. The fourth-order valence-corrected chi connectivity index (χ4v) is 70.4. The first-order valence-electron chi connectivity index (χ1n) is 22.5. The molecule has 10 N–H and O–H groups in total. The minimum absolute atomic E-state index is 1.08. The molecule has 420 valence electrons. The molecule has 45 heteroatoms. The maximum atomic E-state index is 12.7. The van der Waals surface area contributed by atoms with Crippen molar-refractivity contribution in [1.82, 2.24) is 0 Å². The zero-order valence-electron chi connectivity index (χ0n) is 38.8. The maximum Gasteiger partial charge on any atom is 0.479 e. The summed E-state index contributed by atoms with van der Waals surface area (Å²) < 4.78 is 103. The Hall–Kier alpha value is -3.73. The Morgan fingerprint density at radius 1 is 0.173 bits per heavy atom. The van der Waals surface area contributed by atoms with Crippen LogP contribution >= 0.6 is 0 Å². The summed E-state index contributed by atoms with van der Waals surface area (Å²) >= 11 is 0. The van der Waals surface area contributed by atoms with Crippen LogP contribution < -0.4 is 0 Å². The minimum atomic E-state index is -5.80. The van der Waals surface area contributed by atoms with Crippen molar-refractivity contribution < 1.29 is 161 Å². The highest BCUT2D eigenvalue weighted by molar-refractivity contribution is 7.04. The number of carbonyl (C=O) groups is 10. The first-order chi connectivity index (χ1) is 34.8. The molecule has 0 aromatic rings. The molecule has 5 rings (SSSR count). The summed E-state index contributed by atoms with van der Waals surface area (Å²) in [6.07, 6.45) is -11.0. The van der Waals surface area contributed by atoms with Gasteiger partial charge in [0.15, 0.2) is 0 Å². The summed E-state index contributed by atoms with van der Waals surface area (Å²) in [6, 6.07) is -10.8. The second kappa shape index (κ2) is 22.9. The van der Waals surface area contributed by atoms with E-state index < -0.39 is 272 Å². The van der Waals surface area contributed by atoms with Crippen molar-refractivity contribution >= 4 is 148 Å². The molecule has 0 radical (unpaired) electrons. The molecular weight excluding hydrogens is 1200 g/mol. The highest BCUT2D eigenvalue weighted by Crippen LogP contribution is 2.55. The molecule has 0 spiro atoms. The van der Waals surface area contributed by atoms with Crippen LogP contribution in [-0.4, -0.2) is 199 Å². The topological polar surface area (TPSA) is 511 Å². The van der Waals surface area contributed by atoms with E-state index in [4.69, 9.17) is 61.7 Å². The van der Waals surface area contributed by atoms with Crippen LogP contribution in [0.2, 0.25) is 60.4 Å². The van der Waals surface area contributed by atoms with Gasteiger partial charge < -0.3 is 113 Å². The van der Waals surface area contributed by atoms with Crippen molar-refractivity contribution in [1.29, 1.82) is 0 Å². The molecule has 0 amide bonds. The lowest BCUT2D eigenvalue weighted by atomic mass is 10.5. The quantitative estimate of drug-likeness (QED) is 0.0404. The van der Waals surface area contributed by atoms with Crippen molar-refractivity contribution in [3.63, 3.8) is 0 Å². The number of hydrogen-bond donors (Lipinski definition) is 10. The number of rotatable bonds is 30. The highest BCUT2D eigenvalue weighted by Gasteiger charge is 2.84. The monoisotopic (exact) mass is 1250 g/mol. The molecule has 0 atom stereocenters. The van der Waals surface area contributed by atoms with Crippen LogP contribution in [0.25, 0.3) is 0 Å². The molecule has 0 unspecified atom stereocenters. The Morgan fingerprint density at radius 2 is 0.240 bits per heavy atom. The standard InChI is InChI=1S/C30H50O35Si10/c31-21(32)1-11-66-51-67(12-2-22(33)34)58-70(15-5-25(39)40)52-68(56-66,13-3-23(35)36)60-72(17-7-27(43)44)54-74(62-70,19-9-29(47)48)65-75(20-10-30(49)50)55-73(64-72,18-8-28(45)46)61-69(57-66,14-4-24(37)38)53-71(59-67,63-75)16-6-26(41)42/h1-20H2,(H,31,32)(H,33,34)(H,35,36)(H,37,38)(H,39,40)(H,41,42)(H,43,44)(H,45,46)(H,47,48)(H,49,50). The molecular formula is C30H50O35Si10. The SMILES string of the molecule is O=C(O)CC[Si]12O[Si]3(CCC(=O)O)O[Si]4(CCC(=O)O)O[Si](CCC(=O)O)(O1)O[Si]1(CCC(=O)O)O[Si](CCC(=O)O)(O4)O[Si]4(CCC(=O)O)O[Si](CCC(=O)O)(O[Si](CCC(=O)O)(O[Si](CCC(=O)O)(O3)O4)O2)O1. The predicted octanol–water partition coefficient (Wildman–Crippen LogP) is -0.547. The Labute approximate surface area is 431 Å². The Kier molecular flexibility index (Phi) is 18.5. The molecule has 5 saturated heterocycles. The van der Waals surface area contributed by atoms with Gasteiger partial charge in [0.2, 0.25) is 0 Å². The Bertz CT molecular complexity index is 1770. The van der Waals surface area contributed by atoms with Gasteiger partial charge in [0.1, 0.15) is 0 Å². The van der Waals surface area contributed by atoms with Crippen LogP contribution in [0.15, 0.2) is 0 Å². The van der Waals surface area contributed by atoms with Crippen LogP contribution in [0.3, 0.4) is 0 Å². The van der Waals surface area contributed by atoms with Crippen molar-refractivity contribution in [2.45, 2.75) is 125 Å². The van der Waals surface area contributed by atoms with Crippen molar-refractivity contribution in [2.24, 2.45) is 0 Å². The van der Waals surface area contributed by atoms with E-state index in [1.54, 1.807) is 0 Å². The second-order valence-corrected chi connectivity index (χ2v) is 48.2. The smallest absolute Gasteiger partial charge is 0.479 e. The third-order valence-electron chi connectivity index (χ3n) is 11.1. The number of hydrogen-bond acceptors (Lipinski definition) is 25. The van der Waals surface area contributed by atoms with E-state index in [1.165, 1.54) is 0 Å². The molecule has 5 fully saturated rings. The molecule has 10 bridgehead atoms. The van der Waals surface area contributed by atoms with Crippen molar-refractivity contribution in [2.75, 3.05) is 0 Å². The summed E-state index contributed by atoms with van der Waals surface area (Å²) in [5.74, 6) is -16.6. The Morgan fingerprint density at radius 3 is 0.293 bits per heavy atom. The van der Waals surface area contributed by atoms with E-state index in [2.05, 4.69) is 0 Å². The van der Waals surface area contributed by atoms with Crippen LogP contribution in [0.4, 0.5) is 0 Å². The molecule has 75 heavy (non-hydrogen) atoms. The van der Waals surface area contributed by atoms with Gasteiger partial charge >= 0.3 is 148 Å². The van der Waals surface area contributed by atoms with E-state index in [9.17, 15) is 99.0 Å². The fraction of sp³-hybridized carbons (Fsp3) is 0.667. The zero-order chi connectivity index (χ0) is 55.5. The van der Waals surface area contributed by atoms with Gasteiger partial charge in [-0.3, -0.25) is 47.9 Å². The number of fused-ring (bicyclic) bond motifs is 10. The fourth-order valence-electron chi connectivity index (χ4n) is 8.31. The van der Waals surface area contributed by atoms with Gasteiger partial charge in [-0.15, -0.1) is 0 Å². The third kappa shape index (κ3) is 15.3. The molecule has 5 aliphatic rings. The lowest BCUT2D eigenvalue weighted by Crippen LogP contribution is -2.88. The van der Waals surface area contributed by atoms with Crippen molar-refractivity contribution in [3.05, 3.63) is 0 Å². The summed E-state index contributed by atoms with van der Waals surface area (Å²) in [4.78, 5) is 127. The van der Waals surface area contributed by atoms with Crippen LogP contribution in [-0.2, 0) is 110 Å². The second-order valence-electron chi connectivity index (χ2n) is 17.3. The third-order valence-corrected chi connectivity index (χ3v) is 57.1. The van der Waals surface area contributed by atoms with Gasteiger partial charge in [-0.1, -0.05) is 0 Å². The van der Waals surface area contributed by atoms with E-state index >= 15 is 0 Å². The van der Waals surface area contributed by atoms with E-state index in [-0.39, 0.29) is 0 Å². The summed E-state index contributed by atoms with van der Waals surface area (Å²) in [5, 5.41) is 103. The van der Waals surface area contributed by atoms with Crippen LogP contribution in [0, 0.1) is 0 Å². The van der Waals surface area contributed by atoms with Crippen LogP contribution in [0.1, 0.15) is 64.2 Å². The van der Waals surface area contributed by atoms with E-state index in [0.29, 0.717) is 0 Å². The van der Waals surface area contributed by atoms with E-state index in [0.717, 1.165) is 0 Å². The lowest BCUT2D eigenvalue weighted by Gasteiger charge is -2.63. The largest absolute Gasteiger partial charge is 0.481 e. The number of aliphatic carboxylic acids is 10. The van der Waals surface area contributed by atoms with Gasteiger partial charge in [-0.05, 0) is 0 Å². The first kappa shape index (κ1) is 60.5. The highest BCUT2D eigenvalue weighted by atomic mass is 28.6. The summed E-state index contributed by atoms with van der Waals surface area (Å²) in [5.41, 5.74) is 0. The molecule has 0 aromatic carbocycles. The molecule has 35 nitrogen and oxygen atoms in total. The van der Waals surface area contributed by atoms with E-state index in [1.807, 2.05) is 0 Å². The zero-order valence-corrected chi connectivity index (χ0v) is 48.8. The molecule has 0 saturated carbocycles. The molecule has 0 aromatic heterocycles. The Balaban J connectivity index is 1.94. The first-order valence-corrected chi connectivity index (χ1v) is 41.8. The summed E-state index contributed by atoms with van der Waals surface area (Å²) in [7, 11) is -58.0. The minimum Gasteiger partial charge on any atom is -0.481 e. The molecule has 5 heterocycles.